The minimum atomic E-state index is -7.97. The lowest BCUT2D eigenvalue weighted by atomic mass is 9.93. The summed E-state index contributed by atoms with van der Waals surface area (Å²) in [5, 5.41) is 0. The summed E-state index contributed by atoms with van der Waals surface area (Å²) >= 11 is 0. The van der Waals surface area contributed by atoms with Crippen LogP contribution >= 0.6 is 0 Å². The van der Waals surface area contributed by atoms with E-state index < -0.39 is 54.8 Å². The van der Waals surface area contributed by atoms with E-state index in [1.165, 1.54) is 19.1 Å². The molecule has 3 nitrogen and oxygen atoms in total. The fraction of sp³-hybridized carbons (Fsp3) is 0.682. The number of rotatable bonds is 14. The van der Waals surface area contributed by atoms with Gasteiger partial charge in [-0.15, -0.1) is 0 Å². The number of benzene rings is 1. The van der Waals surface area contributed by atoms with Gasteiger partial charge in [0.15, 0.2) is 0 Å². The zero-order valence-electron chi connectivity index (χ0n) is 19.8. The molecule has 0 aliphatic rings. The Bertz CT molecular complexity index is 943. The molecule has 0 saturated carbocycles. The van der Waals surface area contributed by atoms with Gasteiger partial charge in [0.2, 0.25) is 0 Å². The Labute approximate surface area is 208 Å². The lowest BCUT2D eigenvalue weighted by molar-refractivity contribution is -0.440. The van der Waals surface area contributed by atoms with Crippen LogP contribution in [0.1, 0.15) is 54.9 Å². The zero-order valence-corrected chi connectivity index (χ0v) is 19.8. The van der Waals surface area contributed by atoms with E-state index in [1.807, 2.05) is 6.92 Å². The molecule has 1 aromatic rings. The van der Waals surface area contributed by atoms with E-state index in [-0.39, 0.29) is 11.1 Å². The number of ether oxygens (including phenoxy) is 2. The predicted octanol–water partition coefficient (Wildman–Crippen LogP) is 8.24. The summed E-state index contributed by atoms with van der Waals surface area (Å²) in [4.78, 5) is 12.1. The molecule has 0 bridgehead atoms. The Morgan fingerprint density at radius 3 is 1.79 bits per heavy atom. The molecule has 0 aliphatic heterocycles. The van der Waals surface area contributed by atoms with Gasteiger partial charge in [0.25, 0.3) is 0 Å². The predicted molar refractivity (Wildman–Crippen MR) is 107 cm³/mol. The van der Waals surface area contributed by atoms with Crippen LogP contribution < -0.4 is 4.74 Å². The van der Waals surface area contributed by atoms with Crippen LogP contribution in [0.4, 0.5) is 57.1 Å². The summed E-state index contributed by atoms with van der Waals surface area (Å²) in [5.74, 6) is -38.5. The molecule has 0 unspecified atom stereocenters. The molecule has 0 aromatic heterocycles. The number of halogens is 13. The van der Waals surface area contributed by atoms with Gasteiger partial charge in [0.1, 0.15) is 5.75 Å². The van der Waals surface area contributed by atoms with Crippen LogP contribution in [-0.2, 0) is 4.74 Å². The van der Waals surface area contributed by atoms with Gasteiger partial charge in [-0.3, -0.25) is 0 Å². The van der Waals surface area contributed by atoms with Crippen LogP contribution in [-0.4, -0.2) is 55.0 Å². The highest BCUT2D eigenvalue weighted by atomic mass is 19.4. The highest BCUT2D eigenvalue weighted by Gasteiger charge is 2.90. The summed E-state index contributed by atoms with van der Waals surface area (Å²) in [6.45, 7) is 1.87. The van der Waals surface area contributed by atoms with Crippen LogP contribution in [0, 0.1) is 6.92 Å². The molecule has 0 atom stereocenters. The van der Waals surface area contributed by atoms with Crippen molar-refractivity contribution in [3.63, 3.8) is 0 Å². The number of hydrogen-bond acceptors (Lipinski definition) is 3. The maximum atomic E-state index is 13.8. The van der Waals surface area contributed by atoms with Crippen molar-refractivity contribution in [1.82, 2.24) is 0 Å². The van der Waals surface area contributed by atoms with E-state index in [9.17, 15) is 61.9 Å². The van der Waals surface area contributed by atoms with Gasteiger partial charge < -0.3 is 9.47 Å². The average Bonchev–Trinajstić information content (AvgIpc) is 2.77. The number of alkyl halides is 13. The molecule has 220 valence electrons. The van der Waals surface area contributed by atoms with Gasteiger partial charge in [-0.05, 0) is 37.1 Å². The molecule has 0 radical (unpaired) electrons. The van der Waals surface area contributed by atoms with E-state index in [0.29, 0.717) is 12.4 Å². The Morgan fingerprint density at radius 1 is 0.737 bits per heavy atom. The fourth-order valence-corrected chi connectivity index (χ4v) is 2.98. The first kappa shape index (κ1) is 33.6. The Hall–Kier alpha value is -2.42. The molecule has 0 heterocycles. The lowest BCUT2D eigenvalue weighted by Crippen LogP contribution is -2.70. The van der Waals surface area contributed by atoms with Crippen molar-refractivity contribution in [2.24, 2.45) is 0 Å². The third-order valence-electron chi connectivity index (χ3n) is 5.33. The molecular formula is C22H23F13O3. The van der Waals surface area contributed by atoms with Crippen LogP contribution in [0.3, 0.4) is 0 Å². The SMILES string of the molecule is CCCCCCOc1ccc(C(=O)OCCC(F)(F)C(F)(F)C(F)(F)C(F)(F)C(F)(F)C(F)(F)F)c(C)c1. The van der Waals surface area contributed by atoms with E-state index in [4.69, 9.17) is 4.74 Å². The first-order chi connectivity index (χ1) is 17.1. The monoisotopic (exact) mass is 582 g/mol. The van der Waals surface area contributed by atoms with Crippen molar-refractivity contribution in [2.75, 3.05) is 13.2 Å². The molecular weight excluding hydrogens is 559 g/mol. The third kappa shape index (κ3) is 6.58. The fourth-order valence-electron chi connectivity index (χ4n) is 2.98. The largest absolute Gasteiger partial charge is 0.494 e. The minimum Gasteiger partial charge on any atom is -0.494 e. The normalized spacial score (nSPS) is 14.0. The molecule has 1 aromatic carbocycles. The van der Waals surface area contributed by atoms with Crippen molar-refractivity contribution >= 4 is 5.97 Å². The van der Waals surface area contributed by atoms with Crippen molar-refractivity contribution in [3.05, 3.63) is 29.3 Å². The van der Waals surface area contributed by atoms with Crippen LogP contribution in [0.15, 0.2) is 18.2 Å². The third-order valence-corrected chi connectivity index (χ3v) is 5.33. The van der Waals surface area contributed by atoms with Gasteiger partial charge >= 0.3 is 41.8 Å². The van der Waals surface area contributed by atoms with Crippen molar-refractivity contribution < 1.29 is 71.3 Å². The zero-order chi connectivity index (χ0) is 29.8. The summed E-state index contributed by atoms with van der Waals surface area (Å²) in [6, 6.07) is 3.71. The molecule has 0 saturated heterocycles. The number of hydrogen-bond donors (Lipinski definition) is 0. The second-order valence-electron chi connectivity index (χ2n) is 8.27. The van der Waals surface area contributed by atoms with Gasteiger partial charge in [-0.1, -0.05) is 26.2 Å². The molecule has 1 rings (SSSR count). The highest BCUT2D eigenvalue weighted by Crippen LogP contribution is 2.60. The van der Waals surface area contributed by atoms with E-state index in [2.05, 4.69) is 4.74 Å². The standard InChI is InChI=1S/C22H23F13O3/c1-3-4-5-6-10-37-14-7-8-15(13(2)12-14)16(36)38-11-9-17(23,24)18(25,26)19(27,28)20(29,30)21(31,32)22(33,34)35/h7-8,12H,3-6,9-11H2,1-2H3. The van der Waals surface area contributed by atoms with Crippen LogP contribution in [0.5, 0.6) is 5.75 Å². The van der Waals surface area contributed by atoms with Crippen LogP contribution in [0.25, 0.3) is 0 Å². The Balaban J connectivity index is 2.91. The number of esters is 1. The molecule has 0 spiro atoms. The highest BCUT2D eigenvalue weighted by molar-refractivity contribution is 5.91. The number of aryl methyl sites for hydroxylation is 1. The Kier molecular flexibility index (Phi) is 10.4. The molecule has 0 fully saturated rings. The smallest absolute Gasteiger partial charge is 0.460 e. The molecule has 16 heteroatoms. The summed E-state index contributed by atoms with van der Waals surface area (Å²) in [7, 11) is 0. The Morgan fingerprint density at radius 2 is 1.29 bits per heavy atom. The van der Waals surface area contributed by atoms with Gasteiger partial charge in [0.05, 0.1) is 25.2 Å². The van der Waals surface area contributed by atoms with Gasteiger partial charge in [0, 0.05) is 0 Å². The van der Waals surface area contributed by atoms with E-state index in [1.54, 1.807) is 0 Å². The first-order valence-electron chi connectivity index (χ1n) is 10.9. The van der Waals surface area contributed by atoms with Gasteiger partial charge in [-0.2, -0.15) is 57.1 Å². The molecule has 0 N–H and O–H groups in total. The van der Waals surface area contributed by atoms with Crippen molar-refractivity contribution in [2.45, 2.75) is 81.7 Å². The molecule has 38 heavy (non-hydrogen) atoms. The van der Waals surface area contributed by atoms with E-state index >= 15 is 0 Å². The van der Waals surface area contributed by atoms with Crippen molar-refractivity contribution in [1.29, 1.82) is 0 Å². The topological polar surface area (TPSA) is 35.5 Å². The maximum absolute atomic E-state index is 13.8. The lowest BCUT2D eigenvalue weighted by Gasteiger charge is -2.39. The average molecular weight is 582 g/mol. The van der Waals surface area contributed by atoms with Gasteiger partial charge in [-0.25, -0.2) is 4.79 Å². The molecule has 0 amide bonds. The summed E-state index contributed by atoms with van der Waals surface area (Å²) in [6.07, 6.45) is -6.49. The summed E-state index contributed by atoms with van der Waals surface area (Å²) < 4.78 is 180. The van der Waals surface area contributed by atoms with Crippen LogP contribution in [0.2, 0.25) is 0 Å². The molecule has 0 aliphatic carbocycles. The number of carbonyl (C=O) groups is 1. The first-order valence-corrected chi connectivity index (χ1v) is 10.9. The summed E-state index contributed by atoms with van der Waals surface area (Å²) in [5.41, 5.74) is -0.154. The van der Waals surface area contributed by atoms with Crippen molar-refractivity contribution in [3.8, 4) is 5.75 Å². The van der Waals surface area contributed by atoms with E-state index in [0.717, 1.165) is 31.7 Å². The second kappa shape index (κ2) is 11.8. The maximum Gasteiger partial charge on any atom is 0.460 e. The minimum absolute atomic E-state index is 0.152. The quantitative estimate of drug-likeness (QED) is 0.126. The second-order valence-corrected chi connectivity index (χ2v) is 8.27. The number of unbranched alkanes of at least 4 members (excludes halogenated alkanes) is 3. The number of carbonyl (C=O) groups excluding carboxylic acids is 1.